The summed E-state index contributed by atoms with van der Waals surface area (Å²) >= 11 is 0. The summed E-state index contributed by atoms with van der Waals surface area (Å²) in [6.07, 6.45) is 3.32. The molecule has 8 heteroatoms. The molecule has 0 saturated carbocycles. The van der Waals surface area contributed by atoms with Gasteiger partial charge >= 0.3 is 0 Å². The molecule has 7 nitrogen and oxygen atoms in total. The first-order valence-corrected chi connectivity index (χ1v) is 8.20. The van der Waals surface area contributed by atoms with Gasteiger partial charge in [-0.25, -0.2) is 12.9 Å². The van der Waals surface area contributed by atoms with Crippen molar-refractivity contribution in [2.75, 3.05) is 18.9 Å². The molecule has 1 aromatic carbocycles. The lowest BCUT2D eigenvalue weighted by Gasteiger charge is -2.11. The van der Waals surface area contributed by atoms with Gasteiger partial charge in [0.15, 0.2) is 11.5 Å². The first-order chi connectivity index (χ1) is 11.0. The number of benzene rings is 1. The zero-order valence-electron chi connectivity index (χ0n) is 12.6. The Bertz CT molecular complexity index is 950. The van der Waals surface area contributed by atoms with Gasteiger partial charge in [-0.15, -0.1) is 0 Å². The molecule has 0 atom stereocenters. The number of sulfonamides is 1. The Hall–Kier alpha value is -2.74. The fraction of sp³-hybridized carbons (Fsp3) is 0.133. The van der Waals surface area contributed by atoms with Crippen LogP contribution in [-0.2, 0) is 10.0 Å². The Morgan fingerprint density at radius 2 is 1.83 bits per heavy atom. The third-order valence-corrected chi connectivity index (χ3v) is 4.70. The van der Waals surface area contributed by atoms with Crippen LogP contribution in [0, 0.1) is 0 Å². The first-order valence-electron chi connectivity index (χ1n) is 6.72. The van der Waals surface area contributed by atoms with Crippen LogP contribution in [0.4, 0.5) is 5.69 Å². The van der Waals surface area contributed by atoms with Crippen LogP contribution in [0.5, 0.6) is 11.5 Å². The first kappa shape index (κ1) is 15.2. The van der Waals surface area contributed by atoms with Crippen LogP contribution in [0.25, 0.3) is 5.52 Å². The molecule has 23 heavy (non-hydrogen) atoms. The van der Waals surface area contributed by atoms with Gasteiger partial charge in [-0.1, -0.05) is 0 Å². The Morgan fingerprint density at radius 1 is 1.04 bits per heavy atom. The van der Waals surface area contributed by atoms with Gasteiger partial charge in [0.05, 0.1) is 30.3 Å². The highest BCUT2D eigenvalue weighted by Crippen LogP contribution is 2.30. The number of anilines is 1. The highest BCUT2D eigenvalue weighted by Gasteiger charge is 2.17. The Kier molecular flexibility index (Phi) is 3.83. The second-order valence-corrected chi connectivity index (χ2v) is 6.42. The quantitative estimate of drug-likeness (QED) is 0.774. The molecule has 0 saturated heterocycles. The summed E-state index contributed by atoms with van der Waals surface area (Å²) < 4.78 is 39.5. The number of aromatic nitrogens is 2. The summed E-state index contributed by atoms with van der Waals surface area (Å²) in [6, 6.07) is 9.55. The highest BCUT2D eigenvalue weighted by molar-refractivity contribution is 7.92. The van der Waals surface area contributed by atoms with Crippen molar-refractivity contribution in [3.8, 4) is 11.5 Å². The zero-order valence-corrected chi connectivity index (χ0v) is 13.4. The molecule has 0 aliphatic carbocycles. The van der Waals surface area contributed by atoms with E-state index in [0.29, 0.717) is 17.2 Å². The van der Waals surface area contributed by atoms with Gasteiger partial charge in [-0.2, -0.15) is 5.10 Å². The summed E-state index contributed by atoms with van der Waals surface area (Å²) in [5, 5.41) is 4.07. The van der Waals surface area contributed by atoms with Crippen molar-refractivity contribution in [3.05, 3.63) is 48.8 Å². The summed E-state index contributed by atoms with van der Waals surface area (Å²) in [7, 11) is -0.793. The average Bonchev–Trinajstić information content (AvgIpc) is 3.01. The predicted molar refractivity (Wildman–Crippen MR) is 85.5 cm³/mol. The van der Waals surface area contributed by atoms with Crippen molar-refractivity contribution in [1.29, 1.82) is 0 Å². The molecule has 0 aliphatic heterocycles. The third-order valence-electron chi connectivity index (χ3n) is 3.32. The number of rotatable bonds is 5. The van der Waals surface area contributed by atoms with Crippen molar-refractivity contribution in [3.63, 3.8) is 0 Å². The second kappa shape index (κ2) is 5.81. The molecule has 0 unspecified atom stereocenters. The number of hydrogen-bond acceptors (Lipinski definition) is 5. The van der Waals surface area contributed by atoms with E-state index in [1.54, 1.807) is 41.2 Å². The van der Waals surface area contributed by atoms with Crippen LogP contribution >= 0.6 is 0 Å². The van der Waals surface area contributed by atoms with E-state index >= 15 is 0 Å². The third kappa shape index (κ3) is 2.93. The summed E-state index contributed by atoms with van der Waals surface area (Å²) in [5.74, 6) is 0.814. The van der Waals surface area contributed by atoms with E-state index in [-0.39, 0.29) is 4.90 Å². The van der Waals surface area contributed by atoms with Crippen LogP contribution in [-0.4, -0.2) is 32.3 Å². The van der Waals surface area contributed by atoms with Crippen molar-refractivity contribution < 1.29 is 17.9 Å². The fourth-order valence-electron chi connectivity index (χ4n) is 2.18. The fourth-order valence-corrected chi connectivity index (χ4v) is 3.25. The minimum absolute atomic E-state index is 0.0866. The molecule has 0 spiro atoms. The number of pyridine rings is 1. The largest absolute Gasteiger partial charge is 0.493 e. The van der Waals surface area contributed by atoms with Crippen LogP contribution in [0.15, 0.2) is 53.7 Å². The molecule has 0 amide bonds. The van der Waals surface area contributed by atoms with Crippen LogP contribution in [0.3, 0.4) is 0 Å². The van der Waals surface area contributed by atoms with E-state index in [1.807, 2.05) is 0 Å². The highest BCUT2D eigenvalue weighted by atomic mass is 32.2. The molecular weight excluding hydrogens is 318 g/mol. The summed E-state index contributed by atoms with van der Waals surface area (Å²) in [4.78, 5) is 0.0866. The lowest BCUT2D eigenvalue weighted by atomic mass is 10.3. The maximum Gasteiger partial charge on any atom is 0.262 e. The lowest BCUT2D eigenvalue weighted by molar-refractivity contribution is 0.354. The second-order valence-electron chi connectivity index (χ2n) is 4.74. The number of nitrogens with zero attached hydrogens (tertiary/aromatic N) is 2. The molecule has 120 valence electrons. The van der Waals surface area contributed by atoms with E-state index in [1.165, 1.54) is 26.4 Å². The van der Waals surface area contributed by atoms with E-state index in [2.05, 4.69) is 9.82 Å². The molecule has 0 aliphatic rings. The number of hydrogen-bond donors (Lipinski definition) is 1. The summed E-state index contributed by atoms with van der Waals surface area (Å²) in [6.45, 7) is 0. The molecule has 2 heterocycles. The molecule has 0 radical (unpaired) electrons. The minimum Gasteiger partial charge on any atom is -0.493 e. The monoisotopic (exact) mass is 333 g/mol. The maximum absolute atomic E-state index is 12.5. The molecule has 1 N–H and O–H groups in total. The van der Waals surface area contributed by atoms with Gasteiger partial charge in [0.1, 0.15) is 0 Å². The van der Waals surface area contributed by atoms with Crippen LogP contribution in [0.1, 0.15) is 0 Å². The molecular formula is C15H15N3O4S. The normalized spacial score (nSPS) is 11.4. The molecule has 0 fully saturated rings. The summed E-state index contributed by atoms with van der Waals surface area (Å²) in [5.41, 5.74) is 1.24. The van der Waals surface area contributed by atoms with Gasteiger partial charge in [0.25, 0.3) is 10.0 Å². The SMILES string of the molecule is COc1ccc(S(=O)(=O)Nc2ccn3nccc3c2)cc1OC. The molecule has 3 rings (SSSR count). The van der Waals surface area contributed by atoms with Crippen molar-refractivity contribution in [1.82, 2.24) is 9.61 Å². The number of nitrogens with one attached hydrogen (secondary N) is 1. The van der Waals surface area contributed by atoms with Crippen molar-refractivity contribution in [2.24, 2.45) is 0 Å². The number of fused-ring (bicyclic) bond motifs is 1. The van der Waals surface area contributed by atoms with Crippen LogP contribution < -0.4 is 14.2 Å². The van der Waals surface area contributed by atoms with Gasteiger partial charge in [-0.05, 0) is 30.3 Å². The Labute approximate surface area is 133 Å². The number of ether oxygens (including phenoxy) is 2. The van der Waals surface area contributed by atoms with E-state index in [4.69, 9.17) is 9.47 Å². The topological polar surface area (TPSA) is 81.9 Å². The smallest absolute Gasteiger partial charge is 0.262 e. The van der Waals surface area contributed by atoms with Gasteiger partial charge in [-0.3, -0.25) is 4.72 Å². The van der Waals surface area contributed by atoms with Gasteiger partial charge in [0.2, 0.25) is 0 Å². The molecule has 0 bridgehead atoms. The van der Waals surface area contributed by atoms with E-state index < -0.39 is 10.0 Å². The number of methoxy groups -OCH3 is 2. The van der Waals surface area contributed by atoms with Crippen LogP contribution in [0.2, 0.25) is 0 Å². The Balaban J connectivity index is 1.94. The van der Waals surface area contributed by atoms with Gasteiger partial charge in [0, 0.05) is 18.5 Å². The standard InChI is InChI=1S/C15H15N3O4S/c1-21-14-4-3-13(10-15(14)22-2)23(19,20)17-11-6-8-18-12(9-11)5-7-16-18/h3-10,17H,1-2H3. The van der Waals surface area contributed by atoms with Gasteiger partial charge < -0.3 is 9.47 Å². The van der Waals surface area contributed by atoms with Crippen molar-refractivity contribution >= 4 is 21.2 Å². The molecule has 2 aromatic heterocycles. The Morgan fingerprint density at radius 3 is 2.57 bits per heavy atom. The van der Waals surface area contributed by atoms with E-state index in [9.17, 15) is 8.42 Å². The van der Waals surface area contributed by atoms with Crippen molar-refractivity contribution in [2.45, 2.75) is 4.90 Å². The maximum atomic E-state index is 12.5. The average molecular weight is 333 g/mol. The van der Waals surface area contributed by atoms with E-state index in [0.717, 1.165) is 5.52 Å². The lowest BCUT2D eigenvalue weighted by Crippen LogP contribution is -2.13. The predicted octanol–water partition coefficient (Wildman–Crippen LogP) is 2.15. The zero-order chi connectivity index (χ0) is 16.4. The molecule has 3 aromatic rings. The minimum atomic E-state index is -3.74.